The van der Waals surface area contributed by atoms with Crippen LogP contribution >= 0.6 is 0 Å². The van der Waals surface area contributed by atoms with Crippen LogP contribution in [0.1, 0.15) is 25.3 Å². The Labute approximate surface area is 130 Å². The number of likely N-dealkylation sites (tertiary alicyclic amines) is 1. The molecule has 2 amide bonds. The van der Waals surface area contributed by atoms with Crippen molar-refractivity contribution < 1.29 is 14.7 Å². The summed E-state index contributed by atoms with van der Waals surface area (Å²) in [6.45, 7) is 2.66. The third-order valence-corrected chi connectivity index (χ3v) is 3.91. The van der Waals surface area contributed by atoms with Gasteiger partial charge >= 0.3 is 11.8 Å². The second-order valence-electron chi connectivity index (χ2n) is 5.57. The predicted octanol–water partition coefficient (Wildman–Crippen LogP) is 1.23. The van der Waals surface area contributed by atoms with E-state index in [2.05, 4.69) is 11.2 Å². The minimum Gasteiger partial charge on any atom is -0.393 e. The zero-order valence-electron chi connectivity index (χ0n) is 12.6. The molecule has 22 heavy (non-hydrogen) atoms. The SMILES string of the molecule is C#Cc1cccc(NC(=O)C(=O)N2CCCC(C(C)O)C2)c1. The highest BCUT2D eigenvalue weighted by Gasteiger charge is 2.29. The first-order chi connectivity index (χ1) is 10.5. The van der Waals surface area contributed by atoms with E-state index in [1.54, 1.807) is 31.2 Å². The predicted molar refractivity (Wildman–Crippen MR) is 84.0 cm³/mol. The highest BCUT2D eigenvalue weighted by atomic mass is 16.3. The number of hydrogen-bond donors (Lipinski definition) is 2. The van der Waals surface area contributed by atoms with Gasteiger partial charge in [0.15, 0.2) is 0 Å². The lowest BCUT2D eigenvalue weighted by atomic mass is 9.93. The minimum atomic E-state index is -0.680. The van der Waals surface area contributed by atoms with E-state index in [-0.39, 0.29) is 5.92 Å². The zero-order chi connectivity index (χ0) is 16.1. The Morgan fingerprint density at radius 1 is 1.50 bits per heavy atom. The van der Waals surface area contributed by atoms with E-state index in [1.807, 2.05) is 0 Å². The number of piperidine rings is 1. The van der Waals surface area contributed by atoms with Crippen LogP contribution in [0.2, 0.25) is 0 Å². The average Bonchev–Trinajstić information content (AvgIpc) is 2.54. The number of amides is 2. The lowest BCUT2D eigenvalue weighted by Crippen LogP contribution is -2.47. The van der Waals surface area contributed by atoms with Gasteiger partial charge in [-0.25, -0.2) is 0 Å². The highest BCUT2D eigenvalue weighted by molar-refractivity contribution is 6.39. The second-order valence-corrected chi connectivity index (χ2v) is 5.57. The third kappa shape index (κ3) is 3.86. The number of hydrogen-bond acceptors (Lipinski definition) is 3. The summed E-state index contributed by atoms with van der Waals surface area (Å²) < 4.78 is 0. The van der Waals surface area contributed by atoms with Gasteiger partial charge in [-0.2, -0.15) is 0 Å². The van der Waals surface area contributed by atoms with Crippen molar-refractivity contribution in [3.63, 3.8) is 0 Å². The van der Waals surface area contributed by atoms with Crippen molar-refractivity contribution in [3.05, 3.63) is 29.8 Å². The van der Waals surface area contributed by atoms with Gasteiger partial charge in [0.25, 0.3) is 0 Å². The Balaban J connectivity index is 2.00. The molecular weight excluding hydrogens is 280 g/mol. The van der Waals surface area contributed by atoms with Crippen molar-refractivity contribution in [3.8, 4) is 12.3 Å². The number of anilines is 1. The van der Waals surface area contributed by atoms with Crippen LogP contribution in [-0.2, 0) is 9.59 Å². The van der Waals surface area contributed by atoms with Crippen LogP contribution in [0.25, 0.3) is 0 Å². The molecule has 0 spiro atoms. The molecule has 1 saturated heterocycles. The van der Waals surface area contributed by atoms with Gasteiger partial charge in [-0.1, -0.05) is 12.0 Å². The number of nitrogens with zero attached hydrogens (tertiary/aromatic N) is 1. The number of aliphatic hydroxyl groups is 1. The molecule has 0 saturated carbocycles. The van der Waals surface area contributed by atoms with Crippen LogP contribution in [0.4, 0.5) is 5.69 Å². The van der Waals surface area contributed by atoms with Crippen LogP contribution < -0.4 is 5.32 Å². The van der Waals surface area contributed by atoms with Gasteiger partial charge < -0.3 is 15.3 Å². The number of terminal acetylenes is 1. The monoisotopic (exact) mass is 300 g/mol. The molecule has 1 aliphatic rings. The fourth-order valence-electron chi connectivity index (χ4n) is 2.60. The lowest BCUT2D eigenvalue weighted by Gasteiger charge is -2.33. The summed E-state index contributed by atoms with van der Waals surface area (Å²) in [6, 6.07) is 6.79. The first-order valence-corrected chi connectivity index (χ1v) is 7.36. The van der Waals surface area contributed by atoms with Crippen molar-refractivity contribution in [2.45, 2.75) is 25.9 Å². The normalized spacial score (nSPS) is 19.1. The average molecular weight is 300 g/mol. The molecule has 116 valence electrons. The molecule has 2 atom stereocenters. The summed E-state index contributed by atoms with van der Waals surface area (Å²) in [7, 11) is 0. The molecule has 1 heterocycles. The zero-order valence-corrected chi connectivity index (χ0v) is 12.6. The third-order valence-electron chi connectivity index (χ3n) is 3.91. The molecule has 5 nitrogen and oxygen atoms in total. The quantitative estimate of drug-likeness (QED) is 0.637. The van der Waals surface area contributed by atoms with E-state index in [0.717, 1.165) is 12.8 Å². The number of aliphatic hydroxyl groups excluding tert-OH is 1. The van der Waals surface area contributed by atoms with Crippen LogP contribution in [0, 0.1) is 18.3 Å². The Morgan fingerprint density at radius 3 is 2.95 bits per heavy atom. The molecule has 5 heteroatoms. The molecule has 1 fully saturated rings. The number of carbonyl (C=O) groups excluding carboxylic acids is 2. The molecule has 2 unspecified atom stereocenters. The molecule has 0 aliphatic carbocycles. The number of nitrogens with one attached hydrogen (secondary N) is 1. The van der Waals surface area contributed by atoms with Crippen molar-refractivity contribution in [1.82, 2.24) is 4.90 Å². The van der Waals surface area contributed by atoms with Gasteiger partial charge in [-0.15, -0.1) is 6.42 Å². The number of rotatable bonds is 2. The van der Waals surface area contributed by atoms with Gasteiger partial charge in [0, 0.05) is 30.3 Å². The van der Waals surface area contributed by atoms with Crippen LogP contribution in [0.3, 0.4) is 0 Å². The van der Waals surface area contributed by atoms with E-state index >= 15 is 0 Å². The Hall–Kier alpha value is -2.32. The summed E-state index contributed by atoms with van der Waals surface area (Å²) in [5.41, 5.74) is 1.13. The molecule has 0 bridgehead atoms. The summed E-state index contributed by atoms with van der Waals surface area (Å²) in [5, 5.41) is 12.2. The largest absolute Gasteiger partial charge is 0.393 e. The van der Waals surface area contributed by atoms with Gasteiger partial charge in [-0.05, 0) is 38.0 Å². The van der Waals surface area contributed by atoms with E-state index < -0.39 is 17.9 Å². The Morgan fingerprint density at radius 2 is 2.27 bits per heavy atom. The molecular formula is C17H20N2O3. The maximum atomic E-state index is 12.2. The van der Waals surface area contributed by atoms with E-state index in [9.17, 15) is 14.7 Å². The van der Waals surface area contributed by atoms with E-state index in [1.165, 1.54) is 4.90 Å². The summed E-state index contributed by atoms with van der Waals surface area (Å²) in [6.07, 6.45) is 6.49. The number of benzene rings is 1. The summed E-state index contributed by atoms with van der Waals surface area (Å²) >= 11 is 0. The van der Waals surface area contributed by atoms with Crippen molar-refractivity contribution in [2.75, 3.05) is 18.4 Å². The Bertz CT molecular complexity index is 604. The van der Waals surface area contributed by atoms with Crippen LogP contribution in [0.15, 0.2) is 24.3 Å². The number of carbonyl (C=O) groups is 2. The van der Waals surface area contributed by atoms with Gasteiger partial charge in [0.1, 0.15) is 0 Å². The lowest BCUT2D eigenvalue weighted by molar-refractivity contribution is -0.144. The molecule has 1 aromatic rings. The van der Waals surface area contributed by atoms with Crippen LogP contribution in [0.5, 0.6) is 0 Å². The van der Waals surface area contributed by atoms with Crippen molar-refractivity contribution >= 4 is 17.5 Å². The molecule has 0 aromatic heterocycles. The highest BCUT2D eigenvalue weighted by Crippen LogP contribution is 2.20. The molecule has 1 aliphatic heterocycles. The fourth-order valence-corrected chi connectivity index (χ4v) is 2.60. The minimum absolute atomic E-state index is 0.0234. The smallest absolute Gasteiger partial charge is 0.313 e. The fraction of sp³-hybridized carbons (Fsp3) is 0.412. The molecule has 2 N–H and O–H groups in total. The van der Waals surface area contributed by atoms with Gasteiger partial charge in [-0.3, -0.25) is 9.59 Å². The second kappa shape index (κ2) is 7.10. The molecule has 1 aromatic carbocycles. The maximum absolute atomic E-state index is 12.2. The topological polar surface area (TPSA) is 69.6 Å². The van der Waals surface area contributed by atoms with Crippen molar-refractivity contribution in [1.29, 1.82) is 0 Å². The van der Waals surface area contributed by atoms with E-state index in [4.69, 9.17) is 6.42 Å². The maximum Gasteiger partial charge on any atom is 0.313 e. The standard InChI is InChI=1S/C17H20N2O3/c1-3-13-6-4-8-15(10-13)18-16(21)17(22)19-9-5-7-14(11-19)12(2)20/h1,4,6,8,10,12,14,20H,5,7,9,11H2,2H3,(H,18,21). The van der Waals surface area contributed by atoms with Gasteiger partial charge in [0.2, 0.25) is 0 Å². The van der Waals surface area contributed by atoms with Crippen molar-refractivity contribution in [2.24, 2.45) is 5.92 Å². The van der Waals surface area contributed by atoms with E-state index in [0.29, 0.717) is 24.3 Å². The summed E-state index contributed by atoms with van der Waals surface area (Å²) in [4.78, 5) is 25.8. The summed E-state index contributed by atoms with van der Waals surface area (Å²) in [5.74, 6) is 1.25. The molecule has 2 rings (SSSR count). The first-order valence-electron chi connectivity index (χ1n) is 7.36. The first kappa shape index (κ1) is 16.1. The van der Waals surface area contributed by atoms with Gasteiger partial charge in [0.05, 0.1) is 6.10 Å². The van der Waals surface area contributed by atoms with Crippen LogP contribution in [-0.4, -0.2) is 41.0 Å². The Kier molecular flexibility index (Phi) is 5.18. The molecule has 0 radical (unpaired) electrons.